The molecule has 2 aromatic heterocycles. The van der Waals surface area contributed by atoms with E-state index >= 15 is 0 Å². The molecule has 106 valence electrons. The van der Waals surface area contributed by atoms with Gasteiger partial charge in [0.15, 0.2) is 0 Å². The fraction of sp³-hybridized carbons (Fsp3) is 0.200. The zero-order valence-corrected chi connectivity index (χ0v) is 11.9. The highest BCUT2D eigenvalue weighted by Crippen LogP contribution is 2.39. The van der Waals surface area contributed by atoms with E-state index in [0.717, 1.165) is 6.42 Å². The first-order valence-electron chi connectivity index (χ1n) is 6.77. The molecule has 0 fully saturated rings. The van der Waals surface area contributed by atoms with E-state index in [1.807, 2.05) is 18.2 Å². The summed E-state index contributed by atoms with van der Waals surface area (Å²) in [7, 11) is 0. The number of benzene rings is 1. The van der Waals surface area contributed by atoms with Crippen molar-refractivity contribution < 1.29 is 4.39 Å². The number of hydrogen-bond acceptors (Lipinski definition) is 4. The number of fused-ring (bicyclic) bond motifs is 1. The summed E-state index contributed by atoms with van der Waals surface area (Å²) in [5, 5.41) is 9.68. The molecule has 1 aliphatic rings. The third-order valence-corrected chi connectivity index (χ3v) is 4.77. The van der Waals surface area contributed by atoms with Crippen LogP contribution in [0.25, 0.3) is 0 Å². The normalized spacial score (nSPS) is 20.8. The molecule has 6 heteroatoms. The van der Waals surface area contributed by atoms with Crippen molar-refractivity contribution in [1.82, 2.24) is 14.8 Å². The van der Waals surface area contributed by atoms with Gasteiger partial charge in [-0.1, -0.05) is 24.3 Å². The molecule has 1 aliphatic heterocycles. The van der Waals surface area contributed by atoms with Crippen LogP contribution < -0.4 is 5.32 Å². The first-order valence-corrected chi connectivity index (χ1v) is 7.65. The molecule has 3 aromatic rings. The Morgan fingerprint density at radius 3 is 2.95 bits per heavy atom. The molecular formula is C15H13FN4S. The molecule has 0 saturated heterocycles. The molecule has 0 unspecified atom stereocenters. The zero-order valence-electron chi connectivity index (χ0n) is 11.1. The summed E-state index contributed by atoms with van der Waals surface area (Å²) in [5.74, 6) is 0.490. The lowest BCUT2D eigenvalue weighted by atomic mass is 9.96. The Hall–Kier alpha value is -2.21. The number of rotatable bonds is 2. The van der Waals surface area contributed by atoms with Crippen molar-refractivity contribution in [2.24, 2.45) is 0 Å². The summed E-state index contributed by atoms with van der Waals surface area (Å²) in [4.78, 5) is 5.47. The maximum atomic E-state index is 14.2. The first kappa shape index (κ1) is 12.5. The standard InChI is InChI=1S/C15H13FN4S/c16-11-5-2-1-4-10(11)13-8-12(14-6-3-7-21-14)19-15-17-9-18-20(13)15/h1-7,9,12-13H,8H2,(H,17,18,19)/t12-,13+/m0/s1. The minimum atomic E-state index is -0.198. The Morgan fingerprint density at radius 1 is 1.24 bits per heavy atom. The van der Waals surface area contributed by atoms with E-state index < -0.39 is 0 Å². The number of nitrogens with one attached hydrogen (secondary N) is 1. The molecule has 0 amide bonds. The summed E-state index contributed by atoms with van der Waals surface area (Å²) >= 11 is 1.69. The summed E-state index contributed by atoms with van der Waals surface area (Å²) in [5.41, 5.74) is 0.660. The van der Waals surface area contributed by atoms with Crippen LogP contribution in [0, 0.1) is 5.82 Å². The third-order valence-electron chi connectivity index (χ3n) is 3.78. The molecule has 1 aromatic carbocycles. The topological polar surface area (TPSA) is 42.7 Å². The van der Waals surface area contributed by atoms with Gasteiger partial charge in [-0.05, 0) is 23.9 Å². The van der Waals surface area contributed by atoms with Gasteiger partial charge in [-0.15, -0.1) is 11.3 Å². The lowest BCUT2D eigenvalue weighted by Crippen LogP contribution is -2.28. The second-order valence-corrected chi connectivity index (χ2v) is 5.99. The van der Waals surface area contributed by atoms with Crippen molar-refractivity contribution in [3.05, 3.63) is 64.4 Å². The van der Waals surface area contributed by atoms with Gasteiger partial charge in [0.2, 0.25) is 5.95 Å². The summed E-state index contributed by atoms with van der Waals surface area (Å²) < 4.78 is 15.9. The Balaban J connectivity index is 1.78. The van der Waals surface area contributed by atoms with Gasteiger partial charge in [0.1, 0.15) is 12.1 Å². The molecule has 0 radical (unpaired) electrons. The van der Waals surface area contributed by atoms with Crippen molar-refractivity contribution in [3.8, 4) is 0 Å². The van der Waals surface area contributed by atoms with Crippen LogP contribution in [0.2, 0.25) is 0 Å². The van der Waals surface area contributed by atoms with Crippen molar-refractivity contribution >= 4 is 17.3 Å². The first-order chi connectivity index (χ1) is 10.3. The Kier molecular flexibility index (Phi) is 2.96. The average Bonchev–Trinajstić information content (AvgIpc) is 3.18. The highest BCUT2D eigenvalue weighted by atomic mass is 32.1. The summed E-state index contributed by atoms with van der Waals surface area (Å²) in [6.45, 7) is 0. The molecular weight excluding hydrogens is 287 g/mol. The molecule has 2 atom stereocenters. The minimum absolute atomic E-state index is 0.131. The van der Waals surface area contributed by atoms with E-state index in [1.165, 1.54) is 17.3 Å². The fourth-order valence-corrected chi connectivity index (χ4v) is 3.59. The van der Waals surface area contributed by atoms with E-state index in [4.69, 9.17) is 0 Å². The van der Waals surface area contributed by atoms with Gasteiger partial charge in [0, 0.05) is 10.4 Å². The molecule has 0 aliphatic carbocycles. The molecule has 0 bridgehead atoms. The SMILES string of the molecule is Fc1ccccc1[C@H]1C[C@@H](c2cccs2)Nc2ncnn21. The van der Waals surface area contributed by atoms with Gasteiger partial charge in [-0.2, -0.15) is 10.1 Å². The highest BCUT2D eigenvalue weighted by Gasteiger charge is 2.31. The second kappa shape index (κ2) is 4.96. The molecule has 0 spiro atoms. The molecule has 1 N–H and O–H groups in total. The minimum Gasteiger partial charge on any atom is -0.347 e. The molecule has 3 heterocycles. The molecule has 21 heavy (non-hydrogen) atoms. The van der Waals surface area contributed by atoms with E-state index in [2.05, 4.69) is 26.8 Å². The lowest BCUT2D eigenvalue weighted by Gasteiger charge is -2.31. The number of nitrogens with zero attached hydrogens (tertiary/aromatic N) is 3. The maximum Gasteiger partial charge on any atom is 0.222 e. The molecule has 4 rings (SSSR count). The van der Waals surface area contributed by atoms with E-state index in [1.54, 1.807) is 22.1 Å². The van der Waals surface area contributed by atoms with Crippen LogP contribution in [0.15, 0.2) is 48.1 Å². The predicted octanol–water partition coefficient (Wildman–Crippen LogP) is 3.63. The van der Waals surface area contributed by atoms with Crippen LogP contribution in [0.1, 0.15) is 28.9 Å². The van der Waals surface area contributed by atoms with E-state index in [-0.39, 0.29) is 17.9 Å². The average molecular weight is 300 g/mol. The second-order valence-electron chi connectivity index (χ2n) is 5.01. The third kappa shape index (κ3) is 2.12. The quantitative estimate of drug-likeness (QED) is 0.786. The van der Waals surface area contributed by atoms with Gasteiger partial charge in [0.25, 0.3) is 0 Å². The Morgan fingerprint density at radius 2 is 2.14 bits per heavy atom. The van der Waals surface area contributed by atoms with Gasteiger partial charge in [0.05, 0.1) is 12.1 Å². The van der Waals surface area contributed by atoms with Crippen LogP contribution in [-0.2, 0) is 0 Å². The number of thiophene rings is 1. The van der Waals surface area contributed by atoms with Gasteiger partial charge in [-0.25, -0.2) is 9.07 Å². The smallest absolute Gasteiger partial charge is 0.222 e. The van der Waals surface area contributed by atoms with Crippen LogP contribution in [0.4, 0.5) is 10.3 Å². The highest BCUT2D eigenvalue weighted by molar-refractivity contribution is 7.10. The Labute approximate surface area is 125 Å². The number of aromatic nitrogens is 3. The van der Waals surface area contributed by atoms with Crippen LogP contribution in [0.5, 0.6) is 0 Å². The fourth-order valence-electron chi connectivity index (χ4n) is 2.80. The summed E-state index contributed by atoms with van der Waals surface area (Å²) in [6, 6.07) is 11.0. The molecule has 4 nitrogen and oxygen atoms in total. The zero-order chi connectivity index (χ0) is 14.2. The molecule has 0 saturated carbocycles. The van der Waals surface area contributed by atoms with Crippen molar-refractivity contribution in [2.45, 2.75) is 18.5 Å². The van der Waals surface area contributed by atoms with Crippen LogP contribution in [0.3, 0.4) is 0 Å². The van der Waals surface area contributed by atoms with Crippen LogP contribution in [-0.4, -0.2) is 14.8 Å². The van der Waals surface area contributed by atoms with Crippen molar-refractivity contribution in [1.29, 1.82) is 0 Å². The lowest BCUT2D eigenvalue weighted by molar-refractivity contribution is 0.418. The van der Waals surface area contributed by atoms with Crippen molar-refractivity contribution in [2.75, 3.05) is 5.32 Å². The largest absolute Gasteiger partial charge is 0.347 e. The predicted molar refractivity (Wildman–Crippen MR) is 79.9 cm³/mol. The monoisotopic (exact) mass is 300 g/mol. The number of hydrogen-bond donors (Lipinski definition) is 1. The van der Waals surface area contributed by atoms with E-state index in [0.29, 0.717) is 11.5 Å². The summed E-state index contributed by atoms with van der Waals surface area (Å²) in [6.07, 6.45) is 2.25. The van der Waals surface area contributed by atoms with Gasteiger partial charge < -0.3 is 5.32 Å². The number of halogens is 1. The van der Waals surface area contributed by atoms with Gasteiger partial charge >= 0.3 is 0 Å². The Bertz CT molecular complexity index is 753. The van der Waals surface area contributed by atoms with E-state index in [9.17, 15) is 4.39 Å². The number of anilines is 1. The van der Waals surface area contributed by atoms with Crippen LogP contribution >= 0.6 is 11.3 Å². The maximum absolute atomic E-state index is 14.2. The van der Waals surface area contributed by atoms with Gasteiger partial charge in [-0.3, -0.25) is 0 Å². The van der Waals surface area contributed by atoms with Crippen molar-refractivity contribution in [3.63, 3.8) is 0 Å².